The van der Waals surface area contributed by atoms with Crippen LogP contribution in [0.3, 0.4) is 0 Å². The van der Waals surface area contributed by atoms with Crippen LogP contribution in [-0.4, -0.2) is 15.3 Å². The van der Waals surface area contributed by atoms with E-state index in [0.29, 0.717) is 3.92 Å². The van der Waals surface area contributed by atoms with Gasteiger partial charge in [0.25, 0.3) is 0 Å². The van der Waals surface area contributed by atoms with Gasteiger partial charge in [0.2, 0.25) is 0 Å². The monoisotopic (exact) mass is 214 g/mol. The maximum absolute atomic E-state index is 9.96. The van der Waals surface area contributed by atoms with Gasteiger partial charge in [-0.25, -0.2) is 4.98 Å². The molecule has 0 saturated heterocycles. The van der Waals surface area contributed by atoms with Gasteiger partial charge in [0.05, 0.1) is 0 Å². The standard InChI is InChI=1S/C3HBrN2O2S.Li/c4-3-5-1(2(7)8)6-9-3;/h(H,7,8);/q;+1/p-1. The van der Waals surface area contributed by atoms with Crippen LogP contribution in [0.5, 0.6) is 0 Å². The minimum absolute atomic E-state index is 0. The Labute approximate surface area is 81.1 Å². The SMILES string of the molecule is O=C([O-])c1nsc(Br)n1.[Li+]. The van der Waals surface area contributed by atoms with Gasteiger partial charge in [-0.3, -0.25) is 0 Å². The van der Waals surface area contributed by atoms with Crippen molar-refractivity contribution in [3.8, 4) is 0 Å². The molecule has 0 bridgehead atoms. The van der Waals surface area contributed by atoms with Gasteiger partial charge in [0.1, 0.15) is 5.97 Å². The van der Waals surface area contributed by atoms with Crippen molar-refractivity contribution in [2.75, 3.05) is 0 Å². The smallest absolute Gasteiger partial charge is 0.541 e. The summed E-state index contributed by atoms with van der Waals surface area (Å²) in [6.45, 7) is 0. The van der Waals surface area contributed by atoms with Crippen LogP contribution < -0.4 is 24.0 Å². The van der Waals surface area contributed by atoms with Gasteiger partial charge in [-0.05, 0) is 27.5 Å². The summed E-state index contributed by atoms with van der Waals surface area (Å²) in [5.74, 6) is -1.62. The number of aromatic nitrogens is 2. The molecule has 7 heteroatoms. The zero-order chi connectivity index (χ0) is 6.85. The third-order valence-electron chi connectivity index (χ3n) is 0.584. The van der Waals surface area contributed by atoms with Crippen molar-refractivity contribution in [2.45, 2.75) is 0 Å². The Morgan fingerprint density at radius 2 is 2.30 bits per heavy atom. The molecule has 0 saturated carbocycles. The summed E-state index contributed by atoms with van der Waals surface area (Å²) in [6.07, 6.45) is 0. The molecular formula is C3BrLiN2O2S. The third-order valence-corrected chi connectivity index (χ3v) is 1.70. The molecule has 0 atom stereocenters. The Hall–Kier alpha value is 0.107. The van der Waals surface area contributed by atoms with Gasteiger partial charge in [0.15, 0.2) is 9.74 Å². The molecule has 0 aromatic carbocycles. The third kappa shape index (κ3) is 2.38. The topological polar surface area (TPSA) is 65.9 Å². The average Bonchev–Trinajstić information content (AvgIpc) is 2.14. The van der Waals surface area contributed by atoms with Gasteiger partial charge in [-0.15, -0.1) is 0 Å². The van der Waals surface area contributed by atoms with E-state index >= 15 is 0 Å². The van der Waals surface area contributed by atoms with E-state index in [-0.39, 0.29) is 24.7 Å². The molecule has 0 N–H and O–H groups in total. The summed E-state index contributed by atoms with van der Waals surface area (Å²) in [5.41, 5.74) is 0. The summed E-state index contributed by atoms with van der Waals surface area (Å²) < 4.78 is 3.88. The van der Waals surface area contributed by atoms with Gasteiger partial charge in [-0.2, -0.15) is 4.37 Å². The van der Waals surface area contributed by atoms with E-state index in [1.165, 1.54) is 0 Å². The van der Waals surface area contributed by atoms with E-state index in [1.807, 2.05) is 0 Å². The van der Waals surface area contributed by atoms with Crippen LogP contribution in [0.15, 0.2) is 3.92 Å². The summed E-state index contributed by atoms with van der Waals surface area (Å²) in [6, 6.07) is 0. The van der Waals surface area contributed by atoms with Crippen molar-refractivity contribution in [2.24, 2.45) is 0 Å². The number of carboxylic acids is 1. The van der Waals surface area contributed by atoms with E-state index in [0.717, 1.165) is 11.5 Å². The number of carbonyl (C=O) groups excluding carboxylic acids is 1. The van der Waals surface area contributed by atoms with E-state index in [1.54, 1.807) is 0 Å². The molecule has 0 fully saturated rings. The molecule has 1 aromatic rings. The van der Waals surface area contributed by atoms with Crippen molar-refractivity contribution < 1.29 is 28.8 Å². The molecule has 0 unspecified atom stereocenters. The molecule has 0 aliphatic carbocycles. The minimum atomic E-state index is -1.35. The summed E-state index contributed by atoms with van der Waals surface area (Å²) in [5, 5.41) is 9.96. The van der Waals surface area contributed by atoms with Crippen LogP contribution in [-0.2, 0) is 0 Å². The van der Waals surface area contributed by atoms with Crippen molar-refractivity contribution in [1.29, 1.82) is 0 Å². The zero-order valence-corrected chi connectivity index (χ0v) is 7.40. The number of halogens is 1. The summed E-state index contributed by atoms with van der Waals surface area (Å²) in [4.78, 5) is 13.4. The molecule has 0 aliphatic rings. The van der Waals surface area contributed by atoms with Gasteiger partial charge < -0.3 is 9.90 Å². The Morgan fingerprint density at radius 3 is 2.50 bits per heavy atom. The van der Waals surface area contributed by atoms with Crippen molar-refractivity contribution in [1.82, 2.24) is 9.36 Å². The predicted octanol–water partition coefficient (Wildman–Crippen LogP) is -3.33. The number of aromatic carboxylic acids is 1. The molecule has 0 spiro atoms. The minimum Gasteiger partial charge on any atom is -0.541 e. The van der Waals surface area contributed by atoms with Crippen molar-refractivity contribution in [3.63, 3.8) is 0 Å². The largest absolute Gasteiger partial charge is 1.00 e. The Bertz CT molecular complexity index is 240. The number of hydrogen-bond donors (Lipinski definition) is 0. The van der Waals surface area contributed by atoms with E-state index in [2.05, 4.69) is 25.3 Å². The second kappa shape index (κ2) is 4.08. The van der Waals surface area contributed by atoms with Crippen molar-refractivity contribution >= 4 is 33.4 Å². The first-order valence-electron chi connectivity index (χ1n) is 1.90. The second-order valence-corrected chi connectivity index (χ2v) is 3.19. The maximum Gasteiger partial charge on any atom is 1.00 e. The molecule has 1 aromatic heterocycles. The second-order valence-electron chi connectivity index (χ2n) is 1.16. The molecule has 10 heavy (non-hydrogen) atoms. The molecule has 0 aliphatic heterocycles. The van der Waals surface area contributed by atoms with Crippen LogP contribution in [0.2, 0.25) is 0 Å². The van der Waals surface area contributed by atoms with E-state index in [4.69, 9.17) is 0 Å². The maximum atomic E-state index is 9.96. The average molecular weight is 215 g/mol. The molecule has 1 heterocycles. The quantitative estimate of drug-likeness (QED) is 0.459. The molecule has 4 nitrogen and oxygen atoms in total. The summed E-state index contributed by atoms with van der Waals surface area (Å²) in [7, 11) is 0. The van der Waals surface area contributed by atoms with E-state index in [9.17, 15) is 9.90 Å². The first-order chi connectivity index (χ1) is 4.20. The number of carbonyl (C=O) groups is 1. The fourth-order valence-electron chi connectivity index (χ4n) is 0.288. The molecular weight excluding hydrogens is 215 g/mol. The summed E-state index contributed by atoms with van der Waals surface area (Å²) >= 11 is 3.92. The Morgan fingerprint density at radius 1 is 1.70 bits per heavy atom. The van der Waals surface area contributed by atoms with Gasteiger partial charge in [-0.1, -0.05) is 0 Å². The number of rotatable bonds is 1. The normalized spacial score (nSPS) is 8.50. The first-order valence-corrected chi connectivity index (χ1v) is 3.47. The number of hydrogen-bond acceptors (Lipinski definition) is 5. The fourth-order valence-corrected chi connectivity index (χ4v) is 1.08. The molecule has 48 valence electrons. The zero-order valence-electron chi connectivity index (χ0n) is 5.00. The first kappa shape index (κ1) is 10.1. The molecule has 0 amide bonds. The van der Waals surface area contributed by atoms with Crippen LogP contribution in [0.1, 0.15) is 10.6 Å². The van der Waals surface area contributed by atoms with Crippen LogP contribution >= 0.6 is 27.5 Å². The number of carboxylic acid groups (broad SMARTS) is 1. The van der Waals surface area contributed by atoms with Crippen LogP contribution in [0.25, 0.3) is 0 Å². The molecule has 0 radical (unpaired) electrons. The Balaban J connectivity index is 0.000000810. The van der Waals surface area contributed by atoms with Crippen LogP contribution in [0.4, 0.5) is 0 Å². The van der Waals surface area contributed by atoms with Crippen LogP contribution in [0, 0.1) is 0 Å². The van der Waals surface area contributed by atoms with Crippen molar-refractivity contribution in [3.05, 3.63) is 9.74 Å². The van der Waals surface area contributed by atoms with E-state index < -0.39 is 5.97 Å². The Kier molecular flexibility index (Phi) is 4.13. The molecule has 1 rings (SSSR count). The van der Waals surface area contributed by atoms with Gasteiger partial charge in [0, 0.05) is 0 Å². The van der Waals surface area contributed by atoms with Gasteiger partial charge >= 0.3 is 18.9 Å². The predicted molar refractivity (Wildman–Crippen MR) is 31.9 cm³/mol. The number of nitrogens with zero attached hydrogens (tertiary/aromatic N) is 2. The fraction of sp³-hybridized carbons (Fsp3) is 0.